The Morgan fingerprint density at radius 2 is 1.96 bits per heavy atom. The molecule has 0 aromatic heterocycles. The van der Waals surface area contributed by atoms with Crippen LogP contribution in [0, 0.1) is 0 Å². The van der Waals surface area contributed by atoms with E-state index >= 15 is 0 Å². The normalized spacial score (nSPS) is 15.5. The van der Waals surface area contributed by atoms with E-state index in [1.54, 1.807) is 30.2 Å². The number of carbonyl (C=O) groups is 2. The zero-order valence-electron chi connectivity index (χ0n) is 16.2. The molecule has 7 heteroatoms. The van der Waals surface area contributed by atoms with Crippen molar-refractivity contribution in [3.8, 4) is 17.2 Å². The molecule has 1 heterocycles. The van der Waals surface area contributed by atoms with Gasteiger partial charge >= 0.3 is 0 Å². The van der Waals surface area contributed by atoms with Crippen LogP contribution < -0.4 is 24.4 Å². The molecule has 0 spiro atoms. The standard InChI is InChI=1S/C21H24N2O5/c1-4-17-21(25)23(16-7-5-6-8-18(16)28-17)12-11-20(24)22-15-10-9-14(26-2)13-19(15)27-3/h5-10,13,17H,4,11-12H2,1-3H3,(H,22,24). The Kier molecular flexibility index (Phi) is 6.03. The van der Waals surface area contributed by atoms with Gasteiger partial charge in [-0.2, -0.15) is 0 Å². The number of amides is 2. The van der Waals surface area contributed by atoms with E-state index < -0.39 is 6.10 Å². The number of methoxy groups -OCH3 is 2. The number of benzene rings is 2. The van der Waals surface area contributed by atoms with Gasteiger partial charge in [-0.15, -0.1) is 0 Å². The highest BCUT2D eigenvalue weighted by atomic mass is 16.5. The van der Waals surface area contributed by atoms with Gasteiger partial charge in [0.25, 0.3) is 5.91 Å². The lowest BCUT2D eigenvalue weighted by Crippen LogP contribution is -2.46. The van der Waals surface area contributed by atoms with Gasteiger partial charge in [0.2, 0.25) is 5.91 Å². The van der Waals surface area contributed by atoms with E-state index in [0.717, 1.165) is 0 Å². The van der Waals surface area contributed by atoms with Crippen molar-refractivity contribution < 1.29 is 23.8 Å². The SMILES string of the molecule is CCC1Oc2ccccc2N(CCC(=O)Nc2ccc(OC)cc2OC)C1=O. The van der Waals surface area contributed by atoms with Crippen LogP contribution in [0.4, 0.5) is 11.4 Å². The smallest absolute Gasteiger partial charge is 0.268 e. The summed E-state index contributed by atoms with van der Waals surface area (Å²) in [6.07, 6.45) is 0.185. The second-order valence-electron chi connectivity index (χ2n) is 6.34. The summed E-state index contributed by atoms with van der Waals surface area (Å²) < 4.78 is 16.2. The summed E-state index contributed by atoms with van der Waals surface area (Å²) in [4.78, 5) is 26.8. The van der Waals surface area contributed by atoms with Crippen molar-refractivity contribution in [3.63, 3.8) is 0 Å². The van der Waals surface area contributed by atoms with E-state index in [0.29, 0.717) is 35.0 Å². The Morgan fingerprint density at radius 3 is 2.68 bits per heavy atom. The van der Waals surface area contributed by atoms with Gasteiger partial charge in [-0.25, -0.2) is 0 Å². The number of ether oxygens (including phenoxy) is 3. The highest BCUT2D eigenvalue weighted by Gasteiger charge is 2.33. The summed E-state index contributed by atoms with van der Waals surface area (Å²) in [5.41, 5.74) is 1.24. The minimum atomic E-state index is -0.528. The Balaban J connectivity index is 1.70. The van der Waals surface area contributed by atoms with E-state index in [1.807, 2.05) is 31.2 Å². The zero-order valence-corrected chi connectivity index (χ0v) is 16.2. The molecular weight excluding hydrogens is 360 g/mol. The molecule has 0 bridgehead atoms. The highest BCUT2D eigenvalue weighted by molar-refractivity contribution is 6.01. The molecule has 148 valence electrons. The van der Waals surface area contributed by atoms with Gasteiger partial charge < -0.3 is 24.4 Å². The number of hydrogen-bond donors (Lipinski definition) is 1. The van der Waals surface area contributed by atoms with E-state index in [2.05, 4.69) is 5.32 Å². The molecule has 1 unspecified atom stereocenters. The summed E-state index contributed by atoms with van der Waals surface area (Å²) in [6, 6.07) is 12.5. The Hall–Kier alpha value is -3.22. The van der Waals surface area contributed by atoms with Crippen LogP contribution in [0.25, 0.3) is 0 Å². The molecule has 2 amide bonds. The van der Waals surface area contributed by atoms with Crippen molar-refractivity contribution in [1.29, 1.82) is 0 Å². The topological polar surface area (TPSA) is 77.1 Å². The van der Waals surface area contributed by atoms with Crippen LogP contribution in [-0.4, -0.2) is 38.7 Å². The molecule has 28 heavy (non-hydrogen) atoms. The first-order valence-corrected chi connectivity index (χ1v) is 9.16. The van der Waals surface area contributed by atoms with Crippen LogP contribution in [0.2, 0.25) is 0 Å². The monoisotopic (exact) mass is 384 g/mol. The average Bonchev–Trinajstić information content (AvgIpc) is 2.72. The third kappa shape index (κ3) is 4.03. The Morgan fingerprint density at radius 1 is 1.18 bits per heavy atom. The second kappa shape index (κ2) is 8.65. The number of para-hydroxylation sites is 2. The number of fused-ring (bicyclic) bond motifs is 1. The van der Waals surface area contributed by atoms with Gasteiger partial charge in [0.05, 0.1) is 25.6 Å². The largest absolute Gasteiger partial charge is 0.497 e. The Bertz CT molecular complexity index is 868. The predicted molar refractivity (Wildman–Crippen MR) is 106 cm³/mol. The van der Waals surface area contributed by atoms with Gasteiger partial charge in [0.15, 0.2) is 6.10 Å². The van der Waals surface area contributed by atoms with Crippen LogP contribution in [0.5, 0.6) is 17.2 Å². The number of nitrogens with zero attached hydrogens (tertiary/aromatic N) is 1. The molecule has 1 aliphatic rings. The van der Waals surface area contributed by atoms with Gasteiger partial charge in [0.1, 0.15) is 17.2 Å². The van der Waals surface area contributed by atoms with Crippen LogP contribution in [-0.2, 0) is 9.59 Å². The first-order valence-electron chi connectivity index (χ1n) is 9.16. The summed E-state index contributed by atoms with van der Waals surface area (Å²) >= 11 is 0. The minimum Gasteiger partial charge on any atom is -0.497 e. The summed E-state index contributed by atoms with van der Waals surface area (Å²) in [5, 5.41) is 2.83. The molecule has 1 aliphatic heterocycles. The molecule has 0 radical (unpaired) electrons. The van der Waals surface area contributed by atoms with Crippen LogP contribution >= 0.6 is 0 Å². The van der Waals surface area contributed by atoms with E-state index in [1.165, 1.54) is 7.11 Å². The number of rotatable bonds is 7. The first kappa shape index (κ1) is 19.5. The summed E-state index contributed by atoms with van der Waals surface area (Å²) in [6.45, 7) is 2.16. The van der Waals surface area contributed by atoms with Gasteiger partial charge in [-0.3, -0.25) is 9.59 Å². The van der Waals surface area contributed by atoms with Gasteiger partial charge in [-0.1, -0.05) is 19.1 Å². The molecule has 2 aromatic carbocycles. The van der Waals surface area contributed by atoms with E-state index in [9.17, 15) is 9.59 Å². The molecule has 2 aromatic rings. The predicted octanol–water partition coefficient (Wildman–Crippen LogP) is 3.24. The summed E-state index contributed by atoms with van der Waals surface area (Å²) in [7, 11) is 3.09. The maximum atomic E-state index is 12.7. The van der Waals surface area contributed by atoms with Crippen molar-refractivity contribution in [3.05, 3.63) is 42.5 Å². The fourth-order valence-electron chi connectivity index (χ4n) is 3.09. The Labute approximate surface area is 164 Å². The number of hydrogen-bond acceptors (Lipinski definition) is 5. The average molecular weight is 384 g/mol. The fourth-order valence-corrected chi connectivity index (χ4v) is 3.09. The van der Waals surface area contributed by atoms with Gasteiger partial charge in [0, 0.05) is 19.0 Å². The molecule has 0 saturated carbocycles. The molecule has 0 fully saturated rings. The number of nitrogens with one attached hydrogen (secondary N) is 1. The molecule has 1 N–H and O–H groups in total. The highest BCUT2D eigenvalue weighted by Crippen LogP contribution is 2.34. The van der Waals surface area contributed by atoms with Crippen LogP contribution in [0.1, 0.15) is 19.8 Å². The van der Waals surface area contributed by atoms with Crippen molar-refractivity contribution in [2.45, 2.75) is 25.9 Å². The lowest BCUT2D eigenvalue weighted by atomic mass is 10.1. The van der Waals surface area contributed by atoms with Crippen molar-refractivity contribution in [1.82, 2.24) is 0 Å². The first-order chi connectivity index (χ1) is 13.6. The third-order valence-corrected chi connectivity index (χ3v) is 4.58. The minimum absolute atomic E-state index is 0.129. The van der Waals surface area contributed by atoms with E-state index in [4.69, 9.17) is 14.2 Å². The molecule has 1 atom stereocenters. The number of carbonyl (C=O) groups excluding carboxylic acids is 2. The third-order valence-electron chi connectivity index (χ3n) is 4.58. The zero-order chi connectivity index (χ0) is 20.1. The van der Waals surface area contributed by atoms with Gasteiger partial charge in [-0.05, 0) is 30.7 Å². The molecular formula is C21H24N2O5. The van der Waals surface area contributed by atoms with Crippen molar-refractivity contribution in [2.24, 2.45) is 0 Å². The van der Waals surface area contributed by atoms with Crippen molar-refractivity contribution in [2.75, 3.05) is 31.0 Å². The van der Waals surface area contributed by atoms with Crippen LogP contribution in [0.15, 0.2) is 42.5 Å². The lowest BCUT2D eigenvalue weighted by molar-refractivity contribution is -0.126. The van der Waals surface area contributed by atoms with Crippen LogP contribution in [0.3, 0.4) is 0 Å². The van der Waals surface area contributed by atoms with Crippen molar-refractivity contribution >= 4 is 23.2 Å². The molecule has 7 nitrogen and oxygen atoms in total. The maximum absolute atomic E-state index is 12.7. The quantitative estimate of drug-likeness (QED) is 0.793. The van der Waals surface area contributed by atoms with E-state index in [-0.39, 0.29) is 24.8 Å². The number of anilines is 2. The molecule has 0 aliphatic carbocycles. The molecule has 0 saturated heterocycles. The maximum Gasteiger partial charge on any atom is 0.268 e. The molecule has 3 rings (SSSR count). The second-order valence-corrected chi connectivity index (χ2v) is 6.34. The fraction of sp³-hybridized carbons (Fsp3) is 0.333. The lowest BCUT2D eigenvalue weighted by Gasteiger charge is -2.33. The summed E-state index contributed by atoms with van der Waals surface area (Å²) in [5.74, 6) is 1.46.